The maximum absolute atomic E-state index is 12.6. The summed E-state index contributed by atoms with van der Waals surface area (Å²) in [5.74, 6) is 1.96. The van der Waals surface area contributed by atoms with E-state index in [-0.39, 0.29) is 12.1 Å². The number of carbonyl (C=O) groups excluding carboxylic acids is 1. The summed E-state index contributed by atoms with van der Waals surface area (Å²) in [7, 11) is 1.80. The lowest BCUT2D eigenvalue weighted by Crippen LogP contribution is -2.42. The fourth-order valence-electron chi connectivity index (χ4n) is 4.71. The maximum atomic E-state index is 12.6. The minimum Gasteiger partial charge on any atom is -0.491 e. The molecule has 0 saturated carbocycles. The summed E-state index contributed by atoms with van der Waals surface area (Å²) in [4.78, 5) is 25.7. The third-order valence-electron chi connectivity index (χ3n) is 6.72. The molecule has 212 valence electrons. The van der Waals surface area contributed by atoms with E-state index in [4.69, 9.17) is 23.9 Å². The Kier molecular flexibility index (Phi) is 8.25. The van der Waals surface area contributed by atoms with E-state index < -0.39 is 5.60 Å². The smallest absolute Gasteiger partial charge is 0.410 e. The number of aromatic nitrogens is 2. The Labute approximate surface area is 235 Å². The summed E-state index contributed by atoms with van der Waals surface area (Å²) in [5.41, 5.74) is 2.95. The van der Waals surface area contributed by atoms with Crippen LogP contribution >= 0.6 is 0 Å². The van der Waals surface area contributed by atoms with Crippen molar-refractivity contribution in [1.82, 2.24) is 14.9 Å². The van der Waals surface area contributed by atoms with Crippen LogP contribution in [0.2, 0.25) is 0 Å². The second-order valence-electron chi connectivity index (χ2n) is 10.9. The first kappa shape index (κ1) is 27.5. The molecule has 0 spiro atoms. The molecule has 1 N–H and O–H groups in total. The highest BCUT2D eigenvalue weighted by Crippen LogP contribution is 2.35. The van der Waals surface area contributed by atoms with Crippen molar-refractivity contribution in [1.29, 1.82) is 0 Å². The van der Waals surface area contributed by atoms with E-state index in [1.54, 1.807) is 18.1 Å². The van der Waals surface area contributed by atoms with E-state index in [0.29, 0.717) is 38.9 Å². The predicted molar refractivity (Wildman–Crippen MR) is 154 cm³/mol. The van der Waals surface area contributed by atoms with Gasteiger partial charge in [-0.3, -0.25) is 0 Å². The highest BCUT2D eigenvalue weighted by atomic mass is 16.6. The first-order valence-corrected chi connectivity index (χ1v) is 13.6. The van der Waals surface area contributed by atoms with E-state index in [2.05, 4.69) is 15.2 Å². The van der Waals surface area contributed by atoms with Crippen molar-refractivity contribution < 1.29 is 23.7 Å². The highest BCUT2D eigenvalue weighted by molar-refractivity contribution is 5.70. The number of hydrogen-bond acceptors (Lipinski definition) is 9. The van der Waals surface area contributed by atoms with Crippen LogP contribution in [-0.2, 0) is 9.47 Å². The average molecular weight is 548 g/mol. The van der Waals surface area contributed by atoms with Crippen LogP contribution in [0.3, 0.4) is 0 Å². The molecule has 10 nitrogen and oxygen atoms in total. The quantitative estimate of drug-likeness (QED) is 0.469. The van der Waals surface area contributed by atoms with Crippen LogP contribution in [0, 0.1) is 0 Å². The van der Waals surface area contributed by atoms with Gasteiger partial charge in [-0.15, -0.1) is 0 Å². The van der Waals surface area contributed by atoms with Crippen molar-refractivity contribution >= 4 is 23.4 Å². The molecule has 0 aliphatic carbocycles. The molecule has 40 heavy (non-hydrogen) atoms. The van der Waals surface area contributed by atoms with E-state index in [1.807, 2.05) is 69.3 Å². The van der Waals surface area contributed by atoms with Crippen molar-refractivity contribution in [2.45, 2.75) is 38.8 Å². The molecule has 2 aliphatic heterocycles. The standard InChI is InChI=1S/C30H37N5O5/c1-30(2,3)40-29(36)34(4)23-11-13-35(20-23)26-9-8-22-19-27(26)39-17-15-37-14-16-38-24-7-5-6-21(18-24)25-10-12-31-28(32-22)33-25/h5-10,12,18-19,23H,11,13-17,20H2,1-4H3,(H,31,32,33). The maximum Gasteiger partial charge on any atom is 0.410 e. The Morgan fingerprint density at radius 2 is 1.90 bits per heavy atom. The van der Waals surface area contributed by atoms with E-state index in [0.717, 1.165) is 47.1 Å². The van der Waals surface area contributed by atoms with Gasteiger partial charge in [-0.25, -0.2) is 14.8 Å². The van der Waals surface area contributed by atoms with Gasteiger partial charge in [-0.05, 0) is 57.5 Å². The topological polar surface area (TPSA) is 98.3 Å². The van der Waals surface area contributed by atoms with Crippen LogP contribution in [-0.4, -0.2) is 79.2 Å². The molecule has 2 aromatic carbocycles. The second-order valence-corrected chi connectivity index (χ2v) is 10.9. The van der Waals surface area contributed by atoms with Crippen molar-refractivity contribution in [3.8, 4) is 22.8 Å². The summed E-state index contributed by atoms with van der Waals surface area (Å²) in [6.07, 6.45) is 2.26. The zero-order chi connectivity index (χ0) is 28.1. The van der Waals surface area contributed by atoms with Gasteiger partial charge in [-0.2, -0.15) is 0 Å². The van der Waals surface area contributed by atoms with Crippen LogP contribution in [0.15, 0.2) is 54.7 Å². The normalized spacial score (nSPS) is 17.6. The fourth-order valence-corrected chi connectivity index (χ4v) is 4.71. The number of nitrogens with zero attached hydrogens (tertiary/aromatic N) is 4. The number of likely N-dealkylation sites (N-methyl/N-ethyl adjacent to an activating group) is 1. The molecule has 1 amide bonds. The second kappa shape index (κ2) is 12.0. The molecule has 0 radical (unpaired) electrons. The lowest BCUT2D eigenvalue weighted by atomic mass is 10.1. The number of nitrogens with one attached hydrogen (secondary N) is 1. The van der Waals surface area contributed by atoms with E-state index in [9.17, 15) is 4.79 Å². The van der Waals surface area contributed by atoms with Gasteiger partial charge >= 0.3 is 6.09 Å². The predicted octanol–water partition coefficient (Wildman–Crippen LogP) is 5.12. The fraction of sp³-hybridized carbons (Fsp3) is 0.433. The van der Waals surface area contributed by atoms with Crippen LogP contribution in [0.25, 0.3) is 11.3 Å². The first-order chi connectivity index (χ1) is 19.2. The van der Waals surface area contributed by atoms with Gasteiger partial charge in [0.05, 0.1) is 30.6 Å². The summed E-state index contributed by atoms with van der Waals surface area (Å²) in [5, 5.41) is 3.31. The van der Waals surface area contributed by atoms with E-state index in [1.165, 1.54) is 0 Å². The summed E-state index contributed by atoms with van der Waals surface area (Å²) >= 11 is 0. The van der Waals surface area contributed by atoms with Crippen molar-refractivity contribution in [2.24, 2.45) is 0 Å². The van der Waals surface area contributed by atoms with E-state index >= 15 is 0 Å². The Morgan fingerprint density at radius 1 is 1.07 bits per heavy atom. The number of carbonyl (C=O) groups is 1. The number of hydrogen-bond donors (Lipinski definition) is 1. The summed E-state index contributed by atoms with van der Waals surface area (Å²) < 4.78 is 23.4. The number of anilines is 3. The van der Waals surface area contributed by atoms with Gasteiger partial charge in [-0.1, -0.05) is 12.1 Å². The Balaban J connectivity index is 1.37. The van der Waals surface area contributed by atoms with Gasteiger partial charge in [0, 0.05) is 43.7 Å². The first-order valence-electron chi connectivity index (χ1n) is 13.6. The molecule has 1 fully saturated rings. The summed E-state index contributed by atoms with van der Waals surface area (Å²) in [6.45, 7) is 8.79. The van der Waals surface area contributed by atoms with Gasteiger partial charge in [0.1, 0.15) is 30.3 Å². The minimum absolute atomic E-state index is 0.0346. The lowest BCUT2D eigenvalue weighted by molar-refractivity contribution is 0.0238. The molecule has 10 heteroatoms. The van der Waals surface area contributed by atoms with Crippen molar-refractivity contribution in [2.75, 3.05) is 56.8 Å². The molecule has 1 aromatic heterocycles. The third kappa shape index (κ3) is 6.93. The van der Waals surface area contributed by atoms with Crippen LogP contribution in [0.1, 0.15) is 27.2 Å². The van der Waals surface area contributed by atoms with Crippen LogP contribution in [0.5, 0.6) is 11.5 Å². The largest absolute Gasteiger partial charge is 0.491 e. The lowest BCUT2D eigenvalue weighted by Gasteiger charge is -2.29. The van der Waals surface area contributed by atoms with Gasteiger partial charge in [0.25, 0.3) is 0 Å². The highest BCUT2D eigenvalue weighted by Gasteiger charge is 2.32. The monoisotopic (exact) mass is 547 g/mol. The number of rotatable bonds is 2. The Hall–Kier alpha value is -4.05. The van der Waals surface area contributed by atoms with Crippen LogP contribution in [0.4, 0.5) is 22.1 Å². The molecule has 1 saturated heterocycles. The number of fused-ring (bicyclic) bond motifs is 7. The zero-order valence-corrected chi connectivity index (χ0v) is 23.6. The molecule has 1 unspecified atom stereocenters. The molecular weight excluding hydrogens is 510 g/mol. The molecule has 2 aliphatic rings. The number of amides is 1. The Bertz CT molecular complexity index is 1330. The minimum atomic E-state index is -0.535. The third-order valence-corrected chi connectivity index (χ3v) is 6.72. The molecular formula is C30H37N5O5. The van der Waals surface area contributed by atoms with Crippen LogP contribution < -0.4 is 19.7 Å². The van der Waals surface area contributed by atoms with Crippen molar-refractivity contribution in [3.05, 3.63) is 54.7 Å². The molecule has 3 aromatic rings. The number of ether oxygens (including phenoxy) is 4. The molecule has 5 rings (SSSR count). The van der Waals surface area contributed by atoms with Gasteiger partial charge < -0.3 is 34.1 Å². The van der Waals surface area contributed by atoms with Crippen molar-refractivity contribution in [3.63, 3.8) is 0 Å². The summed E-state index contributed by atoms with van der Waals surface area (Å²) in [6, 6.07) is 15.7. The molecule has 6 bridgehead atoms. The Morgan fingerprint density at radius 3 is 2.73 bits per heavy atom. The molecule has 1 atom stereocenters. The zero-order valence-electron chi connectivity index (χ0n) is 23.6. The molecule has 3 heterocycles. The van der Waals surface area contributed by atoms with Gasteiger partial charge in [0.15, 0.2) is 0 Å². The SMILES string of the molecule is CN(C(=O)OC(C)(C)C)C1CCN(c2ccc3cc2OCCOCCOc2cccc(c2)-c2ccnc(n2)N3)C1. The van der Waals surface area contributed by atoms with Gasteiger partial charge in [0.2, 0.25) is 5.95 Å². The average Bonchev–Trinajstić information content (AvgIpc) is 3.41. The number of benzene rings is 2.